The summed E-state index contributed by atoms with van der Waals surface area (Å²) in [7, 11) is 0. The molecule has 0 bridgehead atoms. The predicted molar refractivity (Wildman–Crippen MR) is 116 cm³/mol. The van der Waals surface area contributed by atoms with Crippen LogP contribution in [0.2, 0.25) is 5.02 Å². The van der Waals surface area contributed by atoms with Crippen molar-refractivity contribution in [3.8, 4) is 0 Å². The van der Waals surface area contributed by atoms with E-state index in [1.54, 1.807) is 49.4 Å². The van der Waals surface area contributed by atoms with Crippen LogP contribution in [0, 0.1) is 12.7 Å². The number of fused-ring (bicyclic) bond motifs is 1. The predicted octanol–water partition coefficient (Wildman–Crippen LogP) is 4.54. The van der Waals surface area contributed by atoms with Crippen molar-refractivity contribution in [2.75, 3.05) is 0 Å². The molecule has 158 valence electrons. The third-order valence-corrected chi connectivity index (χ3v) is 5.89. The van der Waals surface area contributed by atoms with Crippen molar-refractivity contribution >= 4 is 23.4 Å². The second kappa shape index (κ2) is 8.47. The molecule has 0 aliphatic heterocycles. The molecule has 1 aliphatic rings. The van der Waals surface area contributed by atoms with Crippen molar-refractivity contribution in [2.45, 2.75) is 31.8 Å². The van der Waals surface area contributed by atoms with E-state index >= 15 is 0 Å². The Bertz CT molecular complexity index is 1150. The topological polar surface area (TPSA) is 76.3 Å². The standard InChI is InChI=1S/C24H21ClFN3O2/c1-14-6-5-11-28-21(14)24(31)29(22(23(27)30)15-7-3-2-4-8-15)20-10-9-17-18(20)12-16(25)13-19(17)26/h2-8,11-13,20,22H,9-10H2,1H3,(H2,27,30)/t20-,22-/m1/s1. The lowest BCUT2D eigenvalue weighted by molar-refractivity contribution is -0.123. The lowest BCUT2D eigenvalue weighted by Gasteiger charge is -2.35. The van der Waals surface area contributed by atoms with Crippen molar-refractivity contribution in [3.63, 3.8) is 0 Å². The van der Waals surface area contributed by atoms with Crippen molar-refractivity contribution in [2.24, 2.45) is 5.73 Å². The molecule has 2 amide bonds. The highest BCUT2D eigenvalue weighted by molar-refractivity contribution is 6.30. The van der Waals surface area contributed by atoms with Crippen LogP contribution in [0.4, 0.5) is 4.39 Å². The number of nitrogens with zero attached hydrogens (tertiary/aromatic N) is 2. The van der Waals surface area contributed by atoms with Gasteiger partial charge in [-0.1, -0.05) is 48.0 Å². The highest BCUT2D eigenvalue weighted by atomic mass is 35.5. The highest BCUT2D eigenvalue weighted by Gasteiger charge is 2.41. The number of aromatic nitrogens is 1. The molecule has 1 aliphatic carbocycles. The minimum absolute atomic E-state index is 0.223. The van der Waals surface area contributed by atoms with Gasteiger partial charge in [-0.05, 0) is 60.2 Å². The van der Waals surface area contributed by atoms with E-state index in [0.29, 0.717) is 35.1 Å². The number of hydrogen-bond donors (Lipinski definition) is 1. The molecule has 2 aromatic carbocycles. The zero-order chi connectivity index (χ0) is 22.1. The molecule has 2 N–H and O–H groups in total. The molecule has 3 aromatic rings. The molecule has 0 saturated carbocycles. The highest BCUT2D eigenvalue weighted by Crippen LogP contribution is 2.43. The zero-order valence-electron chi connectivity index (χ0n) is 16.9. The van der Waals surface area contributed by atoms with Crippen LogP contribution in [0.15, 0.2) is 60.8 Å². The van der Waals surface area contributed by atoms with E-state index < -0.39 is 29.7 Å². The Morgan fingerprint density at radius 1 is 1.19 bits per heavy atom. The van der Waals surface area contributed by atoms with Gasteiger partial charge >= 0.3 is 0 Å². The normalized spacial score (nSPS) is 15.9. The minimum Gasteiger partial charge on any atom is -0.368 e. The molecule has 0 radical (unpaired) electrons. The molecular formula is C24H21ClFN3O2. The number of rotatable bonds is 5. The Labute approximate surface area is 184 Å². The number of hydrogen-bond acceptors (Lipinski definition) is 3. The molecule has 0 fully saturated rings. The molecular weight excluding hydrogens is 417 g/mol. The quantitative estimate of drug-likeness (QED) is 0.636. The number of aryl methyl sites for hydroxylation is 1. The number of carbonyl (C=O) groups excluding carboxylic acids is 2. The van der Waals surface area contributed by atoms with Crippen molar-refractivity contribution in [1.82, 2.24) is 9.88 Å². The first-order valence-electron chi connectivity index (χ1n) is 9.95. The van der Waals surface area contributed by atoms with Gasteiger partial charge in [0, 0.05) is 11.2 Å². The molecule has 1 heterocycles. The van der Waals surface area contributed by atoms with Gasteiger partial charge in [-0.3, -0.25) is 14.6 Å². The van der Waals surface area contributed by atoms with E-state index in [1.165, 1.54) is 17.2 Å². The Morgan fingerprint density at radius 3 is 2.61 bits per heavy atom. The van der Waals surface area contributed by atoms with Crippen LogP contribution in [0.5, 0.6) is 0 Å². The second-order valence-electron chi connectivity index (χ2n) is 7.61. The average Bonchev–Trinajstić information content (AvgIpc) is 3.16. The Morgan fingerprint density at radius 2 is 1.94 bits per heavy atom. The molecule has 7 heteroatoms. The fourth-order valence-electron chi connectivity index (χ4n) is 4.28. The van der Waals surface area contributed by atoms with Gasteiger partial charge in [0.15, 0.2) is 0 Å². The van der Waals surface area contributed by atoms with Crippen LogP contribution in [-0.4, -0.2) is 21.7 Å². The van der Waals surface area contributed by atoms with Crippen molar-refractivity contribution < 1.29 is 14.0 Å². The van der Waals surface area contributed by atoms with Gasteiger partial charge in [0.2, 0.25) is 5.91 Å². The van der Waals surface area contributed by atoms with Crippen LogP contribution in [0.25, 0.3) is 0 Å². The van der Waals surface area contributed by atoms with Crippen molar-refractivity contribution in [3.05, 3.63) is 99.6 Å². The van der Waals surface area contributed by atoms with Gasteiger partial charge in [-0.2, -0.15) is 0 Å². The van der Waals surface area contributed by atoms with E-state index in [4.69, 9.17) is 17.3 Å². The van der Waals surface area contributed by atoms with E-state index in [2.05, 4.69) is 4.98 Å². The summed E-state index contributed by atoms with van der Waals surface area (Å²) in [6, 6.07) is 13.7. The summed E-state index contributed by atoms with van der Waals surface area (Å²) < 4.78 is 14.6. The zero-order valence-corrected chi connectivity index (χ0v) is 17.6. The number of halogens is 2. The van der Waals surface area contributed by atoms with E-state index in [0.717, 1.165) is 0 Å². The molecule has 4 rings (SSSR count). The third-order valence-electron chi connectivity index (χ3n) is 5.67. The van der Waals surface area contributed by atoms with Crippen LogP contribution >= 0.6 is 11.6 Å². The summed E-state index contributed by atoms with van der Waals surface area (Å²) in [5, 5.41) is 0.236. The molecule has 31 heavy (non-hydrogen) atoms. The van der Waals surface area contributed by atoms with E-state index in [9.17, 15) is 14.0 Å². The summed E-state index contributed by atoms with van der Waals surface area (Å²) in [6.45, 7) is 1.78. The number of carbonyl (C=O) groups is 2. The fraction of sp³-hybridized carbons (Fsp3) is 0.208. The first-order chi connectivity index (χ1) is 14.9. The molecule has 1 aromatic heterocycles. The Balaban J connectivity index is 1.90. The largest absolute Gasteiger partial charge is 0.368 e. The summed E-state index contributed by atoms with van der Waals surface area (Å²) in [6.07, 6.45) is 2.40. The van der Waals surface area contributed by atoms with E-state index in [-0.39, 0.29) is 10.7 Å². The maximum atomic E-state index is 14.6. The SMILES string of the molecule is Cc1cccnc1C(=O)N([C@@H]1CCc2c(F)cc(Cl)cc21)[C@@H](C(N)=O)c1ccccc1. The summed E-state index contributed by atoms with van der Waals surface area (Å²) in [5.74, 6) is -1.53. The van der Waals surface area contributed by atoms with Gasteiger partial charge in [0.25, 0.3) is 5.91 Å². The fourth-order valence-corrected chi connectivity index (χ4v) is 4.49. The van der Waals surface area contributed by atoms with Crippen LogP contribution < -0.4 is 5.73 Å². The number of primary amides is 1. The van der Waals surface area contributed by atoms with Crippen molar-refractivity contribution in [1.29, 1.82) is 0 Å². The first-order valence-corrected chi connectivity index (χ1v) is 10.3. The van der Waals surface area contributed by atoms with Gasteiger partial charge in [-0.15, -0.1) is 0 Å². The number of benzene rings is 2. The lowest BCUT2D eigenvalue weighted by Crippen LogP contribution is -2.44. The Kier molecular flexibility index (Phi) is 5.74. The molecule has 2 atom stereocenters. The smallest absolute Gasteiger partial charge is 0.274 e. The maximum absolute atomic E-state index is 14.6. The Hall–Kier alpha value is -3.25. The third kappa shape index (κ3) is 3.91. The average molecular weight is 438 g/mol. The number of nitrogens with two attached hydrogens (primary N) is 1. The number of amides is 2. The second-order valence-corrected chi connectivity index (χ2v) is 8.04. The molecule has 0 spiro atoms. The molecule has 0 saturated heterocycles. The number of pyridine rings is 1. The summed E-state index contributed by atoms with van der Waals surface area (Å²) in [5.41, 5.74) is 8.38. The van der Waals surface area contributed by atoms with Crippen LogP contribution in [0.1, 0.15) is 51.2 Å². The lowest BCUT2D eigenvalue weighted by atomic mass is 9.98. The summed E-state index contributed by atoms with van der Waals surface area (Å²) in [4.78, 5) is 32.1. The van der Waals surface area contributed by atoms with Gasteiger partial charge in [0.1, 0.15) is 17.6 Å². The van der Waals surface area contributed by atoms with E-state index in [1.807, 2.05) is 6.07 Å². The first kappa shape index (κ1) is 21.0. The minimum atomic E-state index is -1.05. The van der Waals surface area contributed by atoms with Crippen LogP contribution in [0.3, 0.4) is 0 Å². The van der Waals surface area contributed by atoms with Gasteiger partial charge < -0.3 is 10.6 Å². The van der Waals surface area contributed by atoms with Crippen LogP contribution in [-0.2, 0) is 11.2 Å². The molecule has 0 unspecified atom stereocenters. The van der Waals surface area contributed by atoms with Gasteiger partial charge in [-0.25, -0.2) is 4.39 Å². The summed E-state index contributed by atoms with van der Waals surface area (Å²) >= 11 is 6.13. The monoisotopic (exact) mass is 437 g/mol. The maximum Gasteiger partial charge on any atom is 0.274 e. The van der Waals surface area contributed by atoms with Gasteiger partial charge in [0.05, 0.1) is 6.04 Å². The molecule has 5 nitrogen and oxygen atoms in total.